The monoisotopic (exact) mass is 280 g/mol. The Morgan fingerprint density at radius 2 is 2.30 bits per heavy atom. The van der Waals surface area contributed by atoms with E-state index in [0.717, 1.165) is 12.0 Å². The Morgan fingerprint density at radius 1 is 1.60 bits per heavy atom. The molecule has 1 saturated heterocycles. The Hall–Kier alpha value is -1.89. The van der Waals surface area contributed by atoms with Gasteiger partial charge in [-0.25, -0.2) is 14.8 Å². The molecule has 0 aliphatic carbocycles. The standard InChI is InChI=1S/C13H20N4O3/c1-3-8(2)17-13(18)20-10-4-11(19-7-10)9-5-15-12(14)16-6-9/h5-6,8,10-11H,3-4,7H2,1-2H3,(H,17,18)(H2,14,15,16)/t8-,10+,11+/m0/s1. The van der Waals surface area contributed by atoms with Crippen LogP contribution < -0.4 is 11.1 Å². The van der Waals surface area contributed by atoms with E-state index >= 15 is 0 Å². The highest BCUT2D eigenvalue weighted by molar-refractivity contribution is 5.67. The molecule has 0 aromatic carbocycles. The lowest BCUT2D eigenvalue weighted by molar-refractivity contribution is 0.0686. The van der Waals surface area contributed by atoms with Crippen molar-refractivity contribution in [2.75, 3.05) is 12.3 Å². The van der Waals surface area contributed by atoms with Gasteiger partial charge in [-0.2, -0.15) is 0 Å². The van der Waals surface area contributed by atoms with E-state index in [1.54, 1.807) is 12.4 Å². The number of aromatic nitrogens is 2. The summed E-state index contributed by atoms with van der Waals surface area (Å²) in [6.45, 7) is 4.31. The minimum absolute atomic E-state index is 0.103. The van der Waals surface area contributed by atoms with Crippen LogP contribution in [0.25, 0.3) is 0 Å². The van der Waals surface area contributed by atoms with Gasteiger partial charge < -0.3 is 20.5 Å². The zero-order valence-electron chi connectivity index (χ0n) is 11.7. The highest BCUT2D eigenvalue weighted by atomic mass is 16.6. The first kappa shape index (κ1) is 14.5. The van der Waals surface area contributed by atoms with Crippen LogP contribution in [-0.2, 0) is 9.47 Å². The minimum atomic E-state index is -0.401. The first-order chi connectivity index (χ1) is 9.58. The van der Waals surface area contributed by atoms with E-state index in [4.69, 9.17) is 15.2 Å². The highest BCUT2D eigenvalue weighted by Crippen LogP contribution is 2.29. The molecular weight excluding hydrogens is 260 g/mol. The first-order valence-corrected chi connectivity index (χ1v) is 6.74. The van der Waals surface area contributed by atoms with Crippen LogP contribution in [0.15, 0.2) is 12.4 Å². The maximum absolute atomic E-state index is 11.6. The lowest BCUT2D eigenvalue weighted by atomic mass is 10.1. The number of ether oxygens (including phenoxy) is 2. The van der Waals surface area contributed by atoms with Crippen LogP contribution >= 0.6 is 0 Å². The molecule has 2 rings (SSSR count). The number of alkyl carbamates (subject to hydrolysis) is 1. The van der Waals surface area contributed by atoms with Crippen molar-refractivity contribution >= 4 is 12.0 Å². The molecule has 20 heavy (non-hydrogen) atoms. The van der Waals surface area contributed by atoms with Gasteiger partial charge in [0, 0.05) is 30.4 Å². The van der Waals surface area contributed by atoms with E-state index in [2.05, 4.69) is 15.3 Å². The molecule has 0 spiro atoms. The molecule has 1 fully saturated rings. The summed E-state index contributed by atoms with van der Waals surface area (Å²) in [5.74, 6) is 0.229. The molecule has 1 aliphatic heterocycles. The fraction of sp³-hybridized carbons (Fsp3) is 0.615. The summed E-state index contributed by atoms with van der Waals surface area (Å²) in [4.78, 5) is 19.5. The lowest BCUT2D eigenvalue weighted by Gasteiger charge is -2.15. The van der Waals surface area contributed by atoms with Crippen LogP contribution in [-0.4, -0.2) is 34.8 Å². The van der Waals surface area contributed by atoms with E-state index in [9.17, 15) is 4.79 Å². The molecule has 0 unspecified atom stereocenters. The second kappa shape index (κ2) is 6.51. The van der Waals surface area contributed by atoms with Crippen molar-refractivity contribution in [2.24, 2.45) is 0 Å². The molecule has 1 amide bonds. The average molecular weight is 280 g/mol. The van der Waals surface area contributed by atoms with E-state index in [0.29, 0.717) is 13.0 Å². The fourth-order valence-electron chi connectivity index (χ4n) is 1.92. The third-order valence-corrected chi connectivity index (χ3v) is 3.27. The third kappa shape index (κ3) is 3.80. The van der Waals surface area contributed by atoms with Crippen molar-refractivity contribution in [3.63, 3.8) is 0 Å². The Kier molecular flexibility index (Phi) is 4.73. The Balaban J connectivity index is 1.83. The van der Waals surface area contributed by atoms with Crippen molar-refractivity contribution < 1.29 is 14.3 Å². The Bertz CT molecular complexity index is 451. The number of rotatable bonds is 4. The molecule has 7 nitrogen and oxygen atoms in total. The van der Waals surface area contributed by atoms with Crippen molar-refractivity contribution in [1.82, 2.24) is 15.3 Å². The molecule has 0 radical (unpaired) electrons. The summed E-state index contributed by atoms with van der Waals surface area (Å²) in [7, 11) is 0. The molecule has 0 saturated carbocycles. The molecule has 3 atom stereocenters. The van der Waals surface area contributed by atoms with Crippen molar-refractivity contribution in [1.29, 1.82) is 0 Å². The summed E-state index contributed by atoms with van der Waals surface area (Å²) >= 11 is 0. The highest BCUT2D eigenvalue weighted by Gasteiger charge is 2.30. The molecular formula is C13H20N4O3. The largest absolute Gasteiger partial charge is 0.444 e. The third-order valence-electron chi connectivity index (χ3n) is 3.27. The predicted octanol–water partition coefficient (Wildman–Crippen LogP) is 1.41. The number of nitrogens with one attached hydrogen (secondary N) is 1. The van der Waals surface area contributed by atoms with Crippen LogP contribution in [0.5, 0.6) is 0 Å². The summed E-state index contributed by atoms with van der Waals surface area (Å²) in [5, 5.41) is 2.76. The molecule has 2 heterocycles. The molecule has 0 bridgehead atoms. The van der Waals surface area contributed by atoms with Gasteiger partial charge in [-0.05, 0) is 13.3 Å². The van der Waals surface area contributed by atoms with E-state index < -0.39 is 6.09 Å². The van der Waals surface area contributed by atoms with Gasteiger partial charge in [0.15, 0.2) is 0 Å². The van der Waals surface area contributed by atoms with Gasteiger partial charge >= 0.3 is 6.09 Å². The van der Waals surface area contributed by atoms with Crippen molar-refractivity contribution in [3.8, 4) is 0 Å². The van der Waals surface area contributed by atoms with Crippen molar-refractivity contribution in [2.45, 2.75) is 44.9 Å². The van der Waals surface area contributed by atoms with E-state index in [1.165, 1.54) is 0 Å². The minimum Gasteiger partial charge on any atom is -0.444 e. The Morgan fingerprint density at radius 3 is 2.95 bits per heavy atom. The quantitative estimate of drug-likeness (QED) is 0.865. The summed E-state index contributed by atoms with van der Waals surface area (Å²) in [5.41, 5.74) is 6.28. The topological polar surface area (TPSA) is 99.4 Å². The van der Waals surface area contributed by atoms with Crippen LogP contribution in [0.3, 0.4) is 0 Å². The van der Waals surface area contributed by atoms with Gasteiger partial charge in [0.05, 0.1) is 12.7 Å². The van der Waals surface area contributed by atoms with Gasteiger partial charge in [0.1, 0.15) is 6.10 Å². The average Bonchev–Trinajstić information content (AvgIpc) is 2.87. The summed E-state index contributed by atoms with van der Waals surface area (Å²) in [6, 6.07) is 0.103. The molecule has 3 N–H and O–H groups in total. The number of nitrogens with two attached hydrogens (primary N) is 1. The number of nitrogens with zero attached hydrogens (tertiary/aromatic N) is 2. The van der Waals surface area contributed by atoms with Crippen LogP contribution in [0.4, 0.5) is 10.7 Å². The maximum atomic E-state index is 11.6. The summed E-state index contributed by atoms with van der Waals surface area (Å²) in [6.07, 6.45) is 3.92. The summed E-state index contributed by atoms with van der Waals surface area (Å²) < 4.78 is 10.9. The van der Waals surface area contributed by atoms with E-state index in [1.807, 2.05) is 13.8 Å². The van der Waals surface area contributed by atoms with E-state index in [-0.39, 0.29) is 24.2 Å². The van der Waals surface area contributed by atoms with Gasteiger partial charge in [-0.3, -0.25) is 0 Å². The van der Waals surface area contributed by atoms with Gasteiger partial charge in [0.2, 0.25) is 5.95 Å². The van der Waals surface area contributed by atoms with Crippen molar-refractivity contribution in [3.05, 3.63) is 18.0 Å². The van der Waals surface area contributed by atoms with Crippen LogP contribution in [0.1, 0.15) is 38.4 Å². The Labute approximate surface area is 117 Å². The zero-order valence-corrected chi connectivity index (χ0v) is 11.7. The van der Waals surface area contributed by atoms with Crippen LogP contribution in [0.2, 0.25) is 0 Å². The molecule has 1 aromatic heterocycles. The number of nitrogen functional groups attached to an aromatic ring is 1. The first-order valence-electron chi connectivity index (χ1n) is 6.74. The fourth-order valence-corrected chi connectivity index (χ4v) is 1.92. The number of carbonyl (C=O) groups excluding carboxylic acids is 1. The normalized spacial score (nSPS) is 23.3. The molecule has 1 aliphatic rings. The smallest absolute Gasteiger partial charge is 0.407 e. The number of carbonyl (C=O) groups is 1. The zero-order chi connectivity index (χ0) is 14.5. The van der Waals surface area contributed by atoms with Crippen LogP contribution in [0, 0.1) is 0 Å². The second-order valence-electron chi connectivity index (χ2n) is 4.91. The maximum Gasteiger partial charge on any atom is 0.407 e. The molecule has 7 heteroatoms. The predicted molar refractivity (Wildman–Crippen MR) is 72.9 cm³/mol. The number of hydrogen-bond acceptors (Lipinski definition) is 6. The second-order valence-corrected chi connectivity index (χ2v) is 4.91. The SMILES string of the molecule is CC[C@H](C)NC(=O)O[C@H]1CO[C@@H](c2cnc(N)nc2)C1. The lowest BCUT2D eigenvalue weighted by Crippen LogP contribution is -2.35. The number of amides is 1. The van der Waals surface area contributed by atoms with Gasteiger partial charge in [-0.15, -0.1) is 0 Å². The van der Waals surface area contributed by atoms with Gasteiger partial charge in [0.25, 0.3) is 0 Å². The molecule has 1 aromatic rings. The van der Waals surface area contributed by atoms with Gasteiger partial charge in [-0.1, -0.05) is 6.92 Å². The number of anilines is 1. The molecule has 110 valence electrons. The number of hydrogen-bond donors (Lipinski definition) is 2.